The van der Waals surface area contributed by atoms with Crippen molar-refractivity contribution in [3.63, 3.8) is 0 Å². The maximum atomic E-state index is 8.77. The number of ether oxygens (including phenoxy) is 2. The molecule has 2 N–H and O–H groups in total. The summed E-state index contributed by atoms with van der Waals surface area (Å²) < 4.78 is 11.2. The van der Waals surface area contributed by atoms with Gasteiger partial charge in [0.2, 0.25) is 0 Å². The minimum absolute atomic E-state index is 0.146. The fourth-order valence-corrected chi connectivity index (χ4v) is 1.85. The van der Waals surface area contributed by atoms with Gasteiger partial charge in [0.25, 0.3) is 0 Å². The topological polar surface area (TPSA) is 50.7 Å². The van der Waals surface area contributed by atoms with Crippen LogP contribution in [0, 0.1) is 0 Å². The summed E-state index contributed by atoms with van der Waals surface area (Å²) in [6.45, 7) is 4.12. The highest BCUT2D eigenvalue weighted by atomic mass is 16.5. The van der Waals surface area contributed by atoms with Gasteiger partial charge in [0.05, 0.1) is 13.2 Å². The first-order chi connectivity index (χ1) is 9.33. The van der Waals surface area contributed by atoms with Gasteiger partial charge in [0, 0.05) is 25.6 Å². The van der Waals surface area contributed by atoms with Crippen molar-refractivity contribution in [2.45, 2.75) is 38.8 Å². The third-order valence-corrected chi connectivity index (χ3v) is 3.04. The van der Waals surface area contributed by atoms with Gasteiger partial charge in [-0.2, -0.15) is 0 Å². The van der Waals surface area contributed by atoms with E-state index in [4.69, 9.17) is 14.6 Å². The highest BCUT2D eigenvalue weighted by Crippen LogP contribution is 2.29. The zero-order valence-corrected chi connectivity index (χ0v) is 11.5. The summed E-state index contributed by atoms with van der Waals surface area (Å²) in [6.07, 6.45) is 3.22. The predicted octanol–water partition coefficient (Wildman–Crippen LogP) is 2.10. The van der Waals surface area contributed by atoms with Crippen LogP contribution >= 0.6 is 0 Å². The SMILES string of the molecule is CCOc1cc(CNC2CC2)ccc1OCCCO. The lowest BCUT2D eigenvalue weighted by Crippen LogP contribution is -2.15. The van der Waals surface area contributed by atoms with Crippen molar-refractivity contribution in [2.24, 2.45) is 0 Å². The van der Waals surface area contributed by atoms with Gasteiger partial charge in [-0.25, -0.2) is 0 Å². The molecular formula is C15H23NO3. The molecule has 0 aliphatic heterocycles. The predicted molar refractivity (Wildman–Crippen MR) is 74.7 cm³/mol. The van der Waals surface area contributed by atoms with Gasteiger partial charge < -0.3 is 19.9 Å². The van der Waals surface area contributed by atoms with Crippen molar-refractivity contribution in [2.75, 3.05) is 19.8 Å². The Hall–Kier alpha value is -1.26. The first kappa shape index (κ1) is 14.2. The fourth-order valence-electron chi connectivity index (χ4n) is 1.85. The molecule has 1 aromatic rings. The molecule has 0 amide bonds. The molecule has 106 valence electrons. The normalized spacial score (nSPS) is 14.4. The monoisotopic (exact) mass is 265 g/mol. The number of aliphatic hydroxyl groups is 1. The maximum absolute atomic E-state index is 8.77. The molecule has 0 aromatic heterocycles. The number of rotatable bonds is 9. The molecule has 1 aliphatic rings. The number of aliphatic hydroxyl groups excluding tert-OH is 1. The Labute approximate surface area is 114 Å². The average Bonchev–Trinajstić information content (AvgIpc) is 3.23. The summed E-state index contributed by atoms with van der Waals surface area (Å²) >= 11 is 0. The lowest BCUT2D eigenvalue weighted by molar-refractivity contribution is 0.225. The van der Waals surface area contributed by atoms with Crippen LogP contribution in [-0.2, 0) is 6.54 Å². The molecule has 0 saturated heterocycles. The zero-order valence-electron chi connectivity index (χ0n) is 11.5. The molecule has 0 atom stereocenters. The second kappa shape index (κ2) is 7.36. The molecule has 1 aliphatic carbocycles. The molecule has 4 nitrogen and oxygen atoms in total. The Balaban J connectivity index is 1.95. The Bertz CT molecular complexity index is 391. The molecule has 4 heteroatoms. The quantitative estimate of drug-likeness (QED) is 0.671. The molecule has 1 aromatic carbocycles. The molecule has 0 spiro atoms. The van der Waals surface area contributed by atoms with Crippen LogP contribution in [0.2, 0.25) is 0 Å². The van der Waals surface area contributed by atoms with Crippen molar-refractivity contribution in [1.29, 1.82) is 0 Å². The van der Waals surface area contributed by atoms with Crippen LogP contribution in [0.5, 0.6) is 11.5 Å². The van der Waals surface area contributed by atoms with Crippen LogP contribution < -0.4 is 14.8 Å². The second-order valence-electron chi connectivity index (χ2n) is 4.79. The molecular weight excluding hydrogens is 242 g/mol. The van der Waals surface area contributed by atoms with Gasteiger partial charge in [0.1, 0.15) is 0 Å². The van der Waals surface area contributed by atoms with Crippen LogP contribution in [0.1, 0.15) is 31.7 Å². The Morgan fingerprint density at radius 2 is 2.11 bits per heavy atom. The van der Waals surface area contributed by atoms with Crippen molar-refractivity contribution < 1.29 is 14.6 Å². The van der Waals surface area contributed by atoms with Crippen LogP contribution in [0.4, 0.5) is 0 Å². The number of benzene rings is 1. The van der Waals surface area contributed by atoms with Crippen LogP contribution in [-0.4, -0.2) is 31.0 Å². The maximum Gasteiger partial charge on any atom is 0.161 e. The largest absolute Gasteiger partial charge is 0.490 e. The van der Waals surface area contributed by atoms with E-state index in [9.17, 15) is 0 Å². The van der Waals surface area contributed by atoms with E-state index >= 15 is 0 Å². The molecule has 1 fully saturated rings. The van der Waals surface area contributed by atoms with E-state index in [1.54, 1.807) is 0 Å². The summed E-state index contributed by atoms with van der Waals surface area (Å²) in [4.78, 5) is 0. The second-order valence-corrected chi connectivity index (χ2v) is 4.79. The van der Waals surface area contributed by atoms with Crippen molar-refractivity contribution >= 4 is 0 Å². The van der Waals surface area contributed by atoms with E-state index in [0.29, 0.717) is 25.7 Å². The highest BCUT2D eigenvalue weighted by molar-refractivity contribution is 5.43. The molecule has 0 unspecified atom stereocenters. The summed E-state index contributed by atoms with van der Waals surface area (Å²) in [5.41, 5.74) is 1.21. The number of hydrogen-bond acceptors (Lipinski definition) is 4. The molecule has 0 radical (unpaired) electrons. The summed E-state index contributed by atoms with van der Waals surface area (Å²) in [6, 6.07) is 6.75. The van der Waals surface area contributed by atoms with E-state index in [1.165, 1.54) is 18.4 Å². The molecule has 2 rings (SSSR count). The third kappa shape index (κ3) is 4.73. The Kier molecular flexibility index (Phi) is 5.48. The van der Waals surface area contributed by atoms with Crippen molar-refractivity contribution in [1.82, 2.24) is 5.32 Å². The van der Waals surface area contributed by atoms with E-state index < -0.39 is 0 Å². The lowest BCUT2D eigenvalue weighted by atomic mass is 10.2. The van der Waals surface area contributed by atoms with Crippen LogP contribution in [0.15, 0.2) is 18.2 Å². The van der Waals surface area contributed by atoms with Gasteiger partial charge in [-0.3, -0.25) is 0 Å². The van der Waals surface area contributed by atoms with Gasteiger partial charge >= 0.3 is 0 Å². The average molecular weight is 265 g/mol. The first-order valence-electron chi connectivity index (χ1n) is 7.06. The van der Waals surface area contributed by atoms with Gasteiger partial charge in [-0.05, 0) is 37.5 Å². The zero-order chi connectivity index (χ0) is 13.5. The van der Waals surface area contributed by atoms with E-state index in [-0.39, 0.29) is 6.61 Å². The van der Waals surface area contributed by atoms with E-state index in [1.807, 2.05) is 19.1 Å². The molecule has 0 heterocycles. The van der Waals surface area contributed by atoms with E-state index in [0.717, 1.165) is 18.0 Å². The third-order valence-electron chi connectivity index (χ3n) is 3.04. The fraction of sp³-hybridized carbons (Fsp3) is 0.600. The molecule has 0 bridgehead atoms. The summed E-state index contributed by atoms with van der Waals surface area (Å²) in [5, 5.41) is 12.3. The standard InChI is InChI=1S/C15H23NO3/c1-2-18-15-10-12(11-16-13-5-6-13)4-7-14(15)19-9-3-8-17/h4,7,10,13,16-17H,2-3,5-6,8-9,11H2,1H3. The lowest BCUT2D eigenvalue weighted by Gasteiger charge is -2.13. The Morgan fingerprint density at radius 3 is 2.79 bits per heavy atom. The Morgan fingerprint density at radius 1 is 1.26 bits per heavy atom. The van der Waals surface area contributed by atoms with Gasteiger partial charge in [0.15, 0.2) is 11.5 Å². The number of hydrogen-bond donors (Lipinski definition) is 2. The summed E-state index contributed by atoms with van der Waals surface area (Å²) in [5.74, 6) is 1.54. The molecule has 19 heavy (non-hydrogen) atoms. The van der Waals surface area contributed by atoms with E-state index in [2.05, 4.69) is 11.4 Å². The first-order valence-corrected chi connectivity index (χ1v) is 7.06. The van der Waals surface area contributed by atoms with Crippen molar-refractivity contribution in [3.05, 3.63) is 23.8 Å². The minimum Gasteiger partial charge on any atom is -0.490 e. The van der Waals surface area contributed by atoms with Crippen LogP contribution in [0.25, 0.3) is 0 Å². The van der Waals surface area contributed by atoms with Gasteiger partial charge in [-0.1, -0.05) is 6.07 Å². The smallest absolute Gasteiger partial charge is 0.161 e. The summed E-state index contributed by atoms with van der Waals surface area (Å²) in [7, 11) is 0. The molecule has 1 saturated carbocycles. The number of nitrogens with one attached hydrogen (secondary N) is 1. The van der Waals surface area contributed by atoms with Gasteiger partial charge in [-0.15, -0.1) is 0 Å². The minimum atomic E-state index is 0.146. The van der Waals surface area contributed by atoms with Crippen LogP contribution in [0.3, 0.4) is 0 Å². The van der Waals surface area contributed by atoms with Crippen molar-refractivity contribution in [3.8, 4) is 11.5 Å². The highest BCUT2D eigenvalue weighted by Gasteiger charge is 2.20.